The molecule has 0 amide bonds. The first-order valence-corrected chi connectivity index (χ1v) is 6.46. The molecule has 106 valence electrons. The quantitative estimate of drug-likeness (QED) is 0.785. The SMILES string of the molecule is Cc1cc(C)nc(-n2cc(N)c(-c3cccc(F)c3)n2)n1. The third-order valence-electron chi connectivity index (χ3n) is 3.02. The highest BCUT2D eigenvalue weighted by Gasteiger charge is 2.12. The summed E-state index contributed by atoms with van der Waals surface area (Å²) < 4.78 is 14.8. The molecule has 2 heterocycles. The molecule has 3 aromatic rings. The van der Waals surface area contributed by atoms with Gasteiger partial charge in [-0.3, -0.25) is 0 Å². The Morgan fingerprint density at radius 2 is 1.81 bits per heavy atom. The van der Waals surface area contributed by atoms with Gasteiger partial charge in [0.15, 0.2) is 0 Å². The molecule has 0 unspecified atom stereocenters. The second-order valence-electron chi connectivity index (χ2n) is 4.84. The normalized spacial score (nSPS) is 10.8. The lowest BCUT2D eigenvalue weighted by molar-refractivity contribution is 0.628. The van der Waals surface area contributed by atoms with Crippen molar-refractivity contribution in [3.63, 3.8) is 0 Å². The summed E-state index contributed by atoms with van der Waals surface area (Å²) in [4.78, 5) is 8.66. The molecular formula is C15H14FN5. The number of nitrogen functional groups attached to an aromatic ring is 1. The van der Waals surface area contributed by atoms with Gasteiger partial charge in [0.25, 0.3) is 5.95 Å². The number of rotatable bonds is 2. The summed E-state index contributed by atoms with van der Waals surface area (Å²) in [6.45, 7) is 3.77. The molecule has 21 heavy (non-hydrogen) atoms. The molecular weight excluding hydrogens is 269 g/mol. The van der Waals surface area contributed by atoms with Gasteiger partial charge in [-0.25, -0.2) is 19.0 Å². The highest BCUT2D eigenvalue weighted by molar-refractivity contribution is 5.72. The van der Waals surface area contributed by atoms with E-state index in [1.165, 1.54) is 16.8 Å². The number of hydrogen-bond acceptors (Lipinski definition) is 4. The van der Waals surface area contributed by atoms with Crippen LogP contribution in [0.1, 0.15) is 11.4 Å². The summed E-state index contributed by atoms with van der Waals surface area (Å²) in [6, 6.07) is 8.03. The molecule has 1 aromatic carbocycles. The molecule has 0 aliphatic heterocycles. The first kappa shape index (κ1) is 13.2. The van der Waals surface area contributed by atoms with Crippen molar-refractivity contribution in [1.29, 1.82) is 0 Å². The molecule has 0 bridgehead atoms. The van der Waals surface area contributed by atoms with E-state index in [0.717, 1.165) is 11.4 Å². The first-order valence-electron chi connectivity index (χ1n) is 6.46. The molecule has 2 N–H and O–H groups in total. The van der Waals surface area contributed by atoms with E-state index in [2.05, 4.69) is 15.1 Å². The standard InChI is InChI=1S/C15H14FN5/c1-9-6-10(2)19-15(18-9)21-8-13(17)14(20-21)11-4-3-5-12(16)7-11/h3-8H,17H2,1-2H3. The minimum absolute atomic E-state index is 0.330. The number of aromatic nitrogens is 4. The van der Waals surface area contributed by atoms with Crippen molar-refractivity contribution in [2.75, 3.05) is 5.73 Å². The number of hydrogen-bond donors (Lipinski definition) is 1. The zero-order chi connectivity index (χ0) is 15.0. The summed E-state index contributed by atoms with van der Waals surface area (Å²) in [6.07, 6.45) is 1.63. The third-order valence-corrected chi connectivity index (χ3v) is 3.02. The summed E-state index contributed by atoms with van der Waals surface area (Å²) in [7, 11) is 0. The fourth-order valence-corrected chi connectivity index (χ4v) is 2.16. The van der Waals surface area contributed by atoms with Crippen molar-refractivity contribution in [1.82, 2.24) is 19.7 Å². The Morgan fingerprint density at radius 3 is 2.48 bits per heavy atom. The molecule has 6 heteroatoms. The summed E-state index contributed by atoms with van der Waals surface area (Å²) >= 11 is 0. The van der Waals surface area contributed by atoms with Crippen molar-refractivity contribution < 1.29 is 4.39 Å². The van der Waals surface area contributed by atoms with E-state index >= 15 is 0 Å². The van der Waals surface area contributed by atoms with E-state index in [1.807, 2.05) is 19.9 Å². The van der Waals surface area contributed by atoms with Gasteiger partial charge >= 0.3 is 0 Å². The lowest BCUT2D eigenvalue weighted by Crippen LogP contribution is -2.04. The zero-order valence-electron chi connectivity index (χ0n) is 11.7. The van der Waals surface area contributed by atoms with E-state index in [-0.39, 0.29) is 5.82 Å². The smallest absolute Gasteiger partial charge is 0.251 e. The number of aryl methyl sites for hydroxylation is 2. The Kier molecular flexibility index (Phi) is 3.13. The number of halogens is 1. The highest BCUT2D eigenvalue weighted by Crippen LogP contribution is 2.25. The van der Waals surface area contributed by atoms with Crippen LogP contribution in [0.4, 0.5) is 10.1 Å². The van der Waals surface area contributed by atoms with Crippen LogP contribution >= 0.6 is 0 Å². The van der Waals surface area contributed by atoms with Crippen LogP contribution in [0.2, 0.25) is 0 Å². The van der Waals surface area contributed by atoms with E-state index in [9.17, 15) is 4.39 Å². The van der Waals surface area contributed by atoms with Gasteiger partial charge in [0.2, 0.25) is 0 Å². The largest absolute Gasteiger partial charge is 0.396 e. The summed E-state index contributed by atoms with van der Waals surface area (Å²) in [5.74, 6) is 0.117. The van der Waals surface area contributed by atoms with Gasteiger partial charge in [0.05, 0.1) is 11.9 Å². The summed E-state index contributed by atoms with van der Waals surface area (Å²) in [5, 5.41) is 4.37. The molecule has 0 radical (unpaired) electrons. The average molecular weight is 283 g/mol. The highest BCUT2D eigenvalue weighted by atomic mass is 19.1. The van der Waals surface area contributed by atoms with Crippen LogP contribution in [-0.2, 0) is 0 Å². The first-order chi connectivity index (χ1) is 10.0. The molecule has 0 atom stereocenters. The fourth-order valence-electron chi connectivity index (χ4n) is 2.16. The van der Waals surface area contributed by atoms with Crippen LogP contribution in [0.5, 0.6) is 0 Å². The predicted molar refractivity (Wildman–Crippen MR) is 78.4 cm³/mol. The maximum Gasteiger partial charge on any atom is 0.251 e. The fraction of sp³-hybridized carbons (Fsp3) is 0.133. The van der Waals surface area contributed by atoms with E-state index in [0.29, 0.717) is 22.9 Å². The second-order valence-corrected chi connectivity index (χ2v) is 4.84. The van der Waals surface area contributed by atoms with Crippen molar-refractivity contribution >= 4 is 5.69 Å². The number of nitrogens with zero attached hydrogens (tertiary/aromatic N) is 4. The van der Waals surface area contributed by atoms with Crippen molar-refractivity contribution in [2.24, 2.45) is 0 Å². The predicted octanol–water partition coefficient (Wildman–Crippen LogP) is 2.67. The maximum atomic E-state index is 13.3. The number of anilines is 1. The van der Waals surface area contributed by atoms with Gasteiger partial charge < -0.3 is 5.73 Å². The minimum atomic E-state index is -0.330. The zero-order valence-corrected chi connectivity index (χ0v) is 11.7. The number of benzene rings is 1. The monoisotopic (exact) mass is 283 g/mol. The van der Waals surface area contributed by atoms with E-state index in [4.69, 9.17) is 5.73 Å². The molecule has 0 aliphatic rings. The van der Waals surface area contributed by atoms with Crippen LogP contribution in [0.15, 0.2) is 36.5 Å². The third kappa shape index (κ3) is 2.60. The van der Waals surface area contributed by atoms with Crippen molar-refractivity contribution in [2.45, 2.75) is 13.8 Å². The van der Waals surface area contributed by atoms with Gasteiger partial charge in [-0.1, -0.05) is 12.1 Å². The van der Waals surface area contributed by atoms with Gasteiger partial charge in [-0.15, -0.1) is 0 Å². The van der Waals surface area contributed by atoms with Gasteiger partial charge in [-0.2, -0.15) is 5.10 Å². The Morgan fingerprint density at radius 1 is 1.10 bits per heavy atom. The van der Waals surface area contributed by atoms with Gasteiger partial charge in [0.1, 0.15) is 11.5 Å². The molecule has 0 aliphatic carbocycles. The topological polar surface area (TPSA) is 69.6 Å². The van der Waals surface area contributed by atoms with E-state index < -0.39 is 0 Å². The summed E-state index contributed by atoms with van der Waals surface area (Å²) in [5.41, 5.74) is 9.25. The molecule has 0 saturated carbocycles. The lowest BCUT2D eigenvalue weighted by atomic mass is 10.1. The van der Waals surface area contributed by atoms with Crippen molar-refractivity contribution in [3.8, 4) is 17.2 Å². The molecule has 3 rings (SSSR count). The Labute approximate surface area is 121 Å². The Hall–Kier alpha value is -2.76. The van der Waals surface area contributed by atoms with Crippen LogP contribution in [0.25, 0.3) is 17.2 Å². The van der Waals surface area contributed by atoms with Crippen LogP contribution in [0, 0.1) is 19.7 Å². The Balaban J connectivity index is 2.09. The minimum Gasteiger partial charge on any atom is -0.396 e. The van der Waals surface area contributed by atoms with Crippen LogP contribution < -0.4 is 5.73 Å². The van der Waals surface area contributed by atoms with Gasteiger partial charge in [-0.05, 0) is 32.0 Å². The molecule has 0 fully saturated rings. The van der Waals surface area contributed by atoms with Crippen LogP contribution in [0.3, 0.4) is 0 Å². The average Bonchev–Trinajstić information content (AvgIpc) is 2.80. The molecule has 2 aromatic heterocycles. The van der Waals surface area contributed by atoms with Gasteiger partial charge in [0, 0.05) is 17.0 Å². The number of nitrogens with two attached hydrogens (primary N) is 1. The second kappa shape index (κ2) is 4.97. The molecule has 0 spiro atoms. The molecule has 0 saturated heterocycles. The van der Waals surface area contributed by atoms with E-state index in [1.54, 1.807) is 18.3 Å². The maximum absolute atomic E-state index is 13.3. The molecule has 5 nitrogen and oxygen atoms in total. The van der Waals surface area contributed by atoms with Crippen LogP contribution in [-0.4, -0.2) is 19.7 Å². The van der Waals surface area contributed by atoms with Crippen molar-refractivity contribution in [3.05, 3.63) is 53.7 Å². The lowest BCUT2D eigenvalue weighted by Gasteiger charge is -2.02. The Bertz CT molecular complexity index is 789.